The lowest BCUT2D eigenvalue weighted by atomic mass is 10.0. The quantitative estimate of drug-likeness (QED) is 0.685. The molecule has 20 heavy (non-hydrogen) atoms. The molecule has 5 heteroatoms. The molecule has 1 atom stereocenters. The van der Waals surface area contributed by atoms with Crippen molar-refractivity contribution in [1.29, 1.82) is 0 Å². The lowest BCUT2D eigenvalue weighted by molar-refractivity contribution is 0.916. The number of aromatic amines is 2. The summed E-state index contributed by atoms with van der Waals surface area (Å²) in [4.78, 5) is 16.8. The van der Waals surface area contributed by atoms with Crippen molar-refractivity contribution in [2.45, 2.75) is 11.8 Å². The van der Waals surface area contributed by atoms with Crippen LogP contribution in [0.5, 0.6) is 0 Å². The first-order chi connectivity index (χ1) is 9.63. The van der Waals surface area contributed by atoms with E-state index in [2.05, 4.69) is 38.0 Å². The summed E-state index contributed by atoms with van der Waals surface area (Å²) in [6, 6.07) is 13.9. The molecular weight excluding hydrogens is 340 g/mol. The fraction of sp³-hybridized carbons (Fsp3) is 0.133. The lowest BCUT2D eigenvalue weighted by Gasteiger charge is -2.12. The highest BCUT2D eigenvalue weighted by Gasteiger charge is 2.14. The molecule has 0 saturated carbocycles. The highest BCUT2D eigenvalue weighted by molar-refractivity contribution is 9.10. The van der Waals surface area contributed by atoms with E-state index in [1.165, 1.54) is 5.56 Å². The molecular formula is C15H12BrClN2O. The number of hydrogen-bond donors (Lipinski definition) is 2. The molecule has 0 saturated heterocycles. The van der Waals surface area contributed by atoms with E-state index in [0.29, 0.717) is 0 Å². The molecule has 3 aromatic rings. The summed E-state index contributed by atoms with van der Waals surface area (Å²) < 4.78 is 0.899. The molecule has 0 fully saturated rings. The molecule has 102 valence electrons. The summed E-state index contributed by atoms with van der Waals surface area (Å²) in [6.07, 6.45) is 0.737. The predicted molar refractivity (Wildman–Crippen MR) is 85.4 cm³/mol. The molecule has 0 aliphatic rings. The van der Waals surface area contributed by atoms with E-state index in [1.54, 1.807) is 0 Å². The van der Waals surface area contributed by atoms with Crippen LogP contribution < -0.4 is 5.69 Å². The largest absolute Gasteiger partial charge is 0.323 e. The monoisotopic (exact) mass is 350 g/mol. The summed E-state index contributed by atoms with van der Waals surface area (Å²) in [6.45, 7) is 0. The van der Waals surface area contributed by atoms with Crippen LogP contribution >= 0.6 is 27.5 Å². The Hall–Kier alpha value is -1.52. The lowest BCUT2D eigenvalue weighted by Crippen LogP contribution is -1.99. The third-order valence-corrected chi connectivity index (χ3v) is 4.30. The highest BCUT2D eigenvalue weighted by atomic mass is 79.9. The van der Waals surface area contributed by atoms with Gasteiger partial charge >= 0.3 is 5.69 Å². The maximum atomic E-state index is 11.3. The van der Waals surface area contributed by atoms with E-state index in [4.69, 9.17) is 11.6 Å². The zero-order valence-corrected chi connectivity index (χ0v) is 12.8. The number of imidazole rings is 1. The van der Waals surface area contributed by atoms with Crippen molar-refractivity contribution < 1.29 is 0 Å². The van der Waals surface area contributed by atoms with Gasteiger partial charge < -0.3 is 9.97 Å². The number of aromatic nitrogens is 2. The van der Waals surface area contributed by atoms with E-state index in [-0.39, 0.29) is 11.1 Å². The van der Waals surface area contributed by atoms with Crippen LogP contribution in [0.3, 0.4) is 0 Å². The SMILES string of the molecule is O=c1[nH]c2cc(Br)c(C(Cl)Cc3ccccc3)cc2[nH]1. The van der Waals surface area contributed by atoms with Crippen molar-refractivity contribution in [2.75, 3.05) is 0 Å². The minimum Gasteiger partial charge on any atom is -0.306 e. The fourth-order valence-electron chi connectivity index (χ4n) is 2.24. The third kappa shape index (κ3) is 2.67. The van der Waals surface area contributed by atoms with Gasteiger partial charge in [-0.1, -0.05) is 46.3 Å². The molecule has 0 spiro atoms. The summed E-state index contributed by atoms with van der Waals surface area (Å²) >= 11 is 10.0. The second kappa shape index (κ2) is 5.46. The second-order valence-corrected chi connectivity index (χ2v) is 6.04. The Morgan fingerprint density at radius 3 is 2.45 bits per heavy atom. The van der Waals surface area contributed by atoms with Gasteiger partial charge in [0.1, 0.15) is 0 Å². The van der Waals surface area contributed by atoms with Gasteiger partial charge in [-0.05, 0) is 29.7 Å². The zero-order valence-electron chi connectivity index (χ0n) is 10.5. The molecule has 0 amide bonds. The fourth-order valence-corrected chi connectivity index (χ4v) is 3.35. The van der Waals surface area contributed by atoms with Crippen molar-refractivity contribution in [3.63, 3.8) is 0 Å². The number of rotatable bonds is 3. The number of alkyl halides is 1. The van der Waals surface area contributed by atoms with Crippen LogP contribution in [0.2, 0.25) is 0 Å². The predicted octanol–water partition coefficient (Wildman–Crippen LogP) is 4.14. The van der Waals surface area contributed by atoms with Gasteiger partial charge in [0.2, 0.25) is 0 Å². The molecule has 1 heterocycles. The standard InChI is InChI=1S/C15H12BrClN2O/c16-11-8-14-13(18-15(20)19-14)7-10(11)12(17)6-9-4-2-1-3-5-9/h1-5,7-8,12H,6H2,(H2,18,19,20). The summed E-state index contributed by atoms with van der Waals surface area (Å²) in [7, 11) is 0. The van der Waals surface area contributed by atoms with Crippen molar-refractivity contribution in [3.8, 4) is 0 Å². The number of H-pyrrole nitrogens is 2. The van der Waals surface area contributed by atoms with Crippen LogP contribution in [-0.4, -0.2) is 9.97 Å². The molecule has 1 unspecified atom stereocenters. The van der Waals surface area contributed by atoms with Gasteiger partial charge in [0.15, 0.2) is 0 Å². The molecule has 0 aliphatic heterocycles. The first-order valence-corrected chi connectivity index (χ1v) is 7.46. The van der Waals surface area contributed by atoms with Gasteiger partial charge in [-0.25, -0.2) is 4.79 Å². The van der Waals surface area contributed by atoms with Crippen LogP contribution in [0.4, 0.5) is 0 Å². The van der Waals surface area contributed by atoms with Crippen molar-refractivity contribution in [2.24, 2.45) is 0 Å². The molecule has 0 aliphatic carbocycles. The van der Waals surface area contributed by atoms with Crippen molar-refractivity contribution >= 4 is 38.6 Å². The molecule has 2 N–H and O–H groups in total. The highest BCUT2D eigenvalue weighted by Crippen LogP contribution is 2.33. The summed E-state index contributed by atoms with van der Waals surface area (Å²) in [5.41, 5.74) is 3.49. The van der Waals surface area contributed by atoms with Gasteiger partial charge in [0.25, 0.3) is 0 Å². The number of nitrogens with one attached hydrogen (secondary N) is 2. The number of benzene rings is 2. The van der Waals surface area contributed by atoms with E-state index in [1.807, 2.05) is 30.3 Å². The van der Waals surface area contributed by atoms with Gasteiger partial charge in [-0.3, -0.25) is 0 Å². The first kappa shape index (κ1) is 13.5. The number of halogens is 2. The molecule has 3 rings (SSSR count). The van der Waals surface area contributed by atoms with Gasteiger partial charge in [-0.2, -0.15) is 0 Å². The van der Waals surface area contributed by atoms with Crippen molar-refractivity contribution in [1.82, 2.24) is 9.97 Å². The van der Waals surface area contributed by atoms with Crippen LogP contribution in [-0.2, 0) is 6.42 Å². The van der Waals surface area contributed by atoms with Crippen LogP contribution in [0.25, 0.3) is 11.0 Å². The summed E-state index contributed by atoms with van der Waals surface area (Å²) in [5.74, 6) is 0. The average Bonchev–Trinajstić information content (AvgIpc) is 2.78. The Bertz CT molecular complexity index is 794. The maximum Gasteiger partial charge on any atom is 0.323 e. The van der Waals surface area contributed by atoms with Crippen LogP contribution in [0, 0.1) is 0 Å². The second-order valence-electron chi connectivity index (χ2n) is 4.66. The Morgan fingerprint density at radius 2 is 1.75 bits per heavy atom. The molecule has 0 radical (unpaired) electrons. The first-order valence-electron chi connectivity index (χ1n) is 6.23. The average molecular weight is 352 g/mol. The Kier molecular flexibility index (Phi) is 3.68. The Balaban J connectivity index is 1.96. The van der Waals surface area contributed by atoms with Crippen LogP contribution in [0.15, 0.2) is 51.7 Å². The van der Waals surface area contributed by atoms with Crippen LogP contribution in [0.1, 0.15) is 16.5 Å². The van der Waals surface area contributed by atoms with E-state index in [9.17, 15) is 4.79 Å². The van der Waals surface area contributed by atoms with Crippen molar-refractivity contribution in [3.05, 3.63) is 68.5 Å². The van der Waals surface area contributed by atoms with Gasteiger partial charge in [-0.15, -0.1) is 11.6 Å². The Labute approximate surface area is 129 Å². The molecule has 3 nitrogen and oxygen atoms in total. The van der Waals surface area contributed by atoms with E-state index in [0.717, 1.165) is 27.5 Å². The number of hydrogen-bond acceptors (Lipinski definition) is 1. The molecule has 0 bridgehead atoms. The smallest absolute Gasteiger partial charge is 0.306 e. The minimum absolute atomic E-state index is 0.158. The zero-order chi connectivity index (χ0) is 14.1. The minimum atomic E-state index is -0.210. The van der Waals surface area contributed by atoms with Gasteiger partial charge in [0, 0.05) is 4.47 Å². The topological polar surface area (TPSA) is 48.6 Å². The third-order valence-electron chi connectivity index (χ3n) is 3.23. The van der Waals surface area contributed by atoms with E-state index < -0.39 is 0 Å². The van der Waals surface area contributed by atoms with E-state index >= 15 is 0 Å². The van der Waals surface area contributed by atoms with Gasteiger partial charge in [0.05, 0.1) is 16.4 Å². The number of fused-ring (bicyclic) bond motifs is 1. The normalized spacial score (nSPS) is 12.7. The maximum absolute atomic E-state index is 11.3. The summed E-state index contributed by atoms with van der Waals surface area (Å²) in [5, 5.41) is -0.158. The Morgan fingerprint density at radius 1 is 1.10 bits per heavy atom. The molecule has 1 aromatic heterocycles. The molecule has 2 aromatic carbocycles.